The topological polar surface area (TPSA) is 82.5 Å². The Morgan fingerprint density at radius 2 is 2.12 bits per heavy atom. The molecule has 0 aliphatic carbocycles. The molecule has 0 saturated carbocycles. The van der Waals surface area contributed by atoms with E-state index in [1.165, 1.54) is 11.6 Å². The maximum Gasteiger partial charge on any atom is 0.275 e. The summed E-state index contributed by atoms with van der Waals surface area (Å²) >= 11 is 0. The van der Waals surface area contributed by atoms with Gasteiger partial charge in [-0.25, -0.2) is 4.39 Å². The molecule has 34 heavy (non-hydrogen) atoms. The molecule has 1 aromatic carbocycles. The van der Waals surface area contributed by atoms with Crippen molar-refractivity contribution in [2.24, 2.45) is 5.92 Å². The van der Waals surface area contributed by atoms with Crippen LogP contribution < -0.4 is 10.9 Å². The Labute approximate surface area is 195 Å². The van der Waals surface area contributed by atoms with Crippen LogP contribution in [0, 0.1) is 11.7 Å². The van der Waals surface area contributed by atoms with Crippen LogP contribution in [-0.2, 0) is 6.54 Å². The molecule has 4 aromatic rings. The molecule has 1 aliphatic rings. The number of aromatic nitrogens is 3. The van der Waals surface area contributed by atoms with E-state index in [0.29, 0.717) is 23.7 Å². The van der Waals surface area contributed by atoms with E-state index < -0.39 is 11.4 Å². The van der Waals surface area contributed by atoms with Crippen LogP contribution in [0.3, 0.4) is 0 Å². The fourth-order valence-electron chi connectivity index (χ4n) is 4.73. The number of amides is 1. The number of carbonyl (C=O) groups is 1. The first-order chi connectivity index (χ1) is 16.4. The zero-order valence-electron chi connectivity index (χ0n) is 19.1. The predicted molar refractivity (Wildman–Crippen MR) is 130 cm³/mol. The van der Waals surface area contributed by atoms with Gasteiger partial charge in [-0.3, -0.25) is 19.5 Å². The van der Waals surface area contributed by atoms with Gasteiger partial charge in [0.1, 0.15) is 11.2 Å². The van der Waals surface area contributed by atoms with E-state index >= 15 is 0 Å². The minimum atomic E-state index is -0.522. The van der Waals surface area contributed by atoms with Crippen LogP contribution in [-0.4, -0.2) is 44.8 Å². The molecule has 0 fully saturated rings. The lowest BCUT2D eigenvalue weighted by molar-refractivity contribution is 0.0951. The molecule has 2 N–H and O–H groups in total. The van der Waals surface area contributed by atoms with Crippen LogP contribution in [0.1, 0.15) is 35.5 Å². The normalized spacial score (nSPS) is 16.7. The van der Waals surface area contributed by atoms with Gasteiger partial charge in [-0.05, 0) is 53.8 Å². The highest BCUT2D eigenvalue weighted by atomic mass is 19.1. The van der Waals surface area contributed by atoms with Crippen molar-refractivity contribution in [3.05, 3.63) is 87.9 Å². The quantitative estimate of drug-likeness (QED) is 0.478. The Morgan fingerprint density at radius 3 is 2.85 bits per heavy atom. The highest BCUT2D eigenvalue weighted by Gasteiger charge is 2.21. The predicted octanol–water partition coefficient (Wildman–Crippen LogP) is 3.60. The zero-order valence-corrected chi connectivity index (χ0v) is 19.1. The van der Waals surface area contributed by atoms with Gasteiger partial charge in [-0.15, -0.1) is 0 Å². The Morgan fingerprint density at radius 1 is 1.26 bits per heavy atom. The number of nitrogens with zero attached hydrogens (tertiary/aromatic N) is 3. The van der Waals surface area contributed by atoms with Crippen molar-refractivity contribution in [3.63, 3.8) is 0 Å². The van der Waals surface area contributed by atoms with Crippen LogP contribution in [0.25, 0.3) is 22.1 Å². The molecule has 0 bridgehead atoms. The first-order valence-electron chi connectivity index (χ1n) is 11.4. The number of pyridine rings is 1. The highest BCUT2D eigenvalue weighted by Crippen LogP contribution is 2.28. The molecule has 0 spiro atoms. The number of hydrogen-bond donors (Lipinski definition) is 2. The van der Waals surface area contributed by atoms with Gasteiger partial charge < -0.3 is 14.7 Å². The number of fused-ring (bicyclic) bond motifs is 3. The second kappa shape index (κ2) is 8.87. The summed E-state index contributed by atoms with van der Waals surface area (Å²) in [5, 5.41) is 2.76. The molecule has 1 atom stereocenters. The number of aromatic amines is 1. The van der Waals surface area contributed by atoms with Crippen molar-refractivity contribution in [1.29, 1.82) is 0 Å². The number of rotatable bonds is 5. The molecule has 1 aliphatic heterocycles. The summed E-state index contributed by atoms with van der Waals surface area (Å²) in [5.74, 6) is -0.384. The molecule has 4 heterocycles. The monoisotopic (exact) mass is 459 g/mol. The number of H-pyrrole nitrogens is 1. The van der Waals surface area contributed by atoms with Gasteiger partial charge in [0.2, 0.25) is 0 Å². The minimum absolute atomic E-state index is 0.0382. The first-order valence-corrected chi connectivity index (χ1v) is 11.4. The Hall–Kier alpha value is -3.78. The second-order valence-electron chi connectivity index (χ2n) is 8.73. The molecule has 174 valence electrons. The van der Waals surface area contributed by atoms with Gasteiger partial charge in [0.05, 0.1) is 11.0 Å². The third-order valence-corrected chi connectivity index (χ3v) is 6.33. The number of nitrogens with one attached hydrogen (secondary N) is 2. The van der Waals surface area contributed by atoms with Crippen LogP contribution >= 0.6 is 0 Å². The van der Waals surface area contributed by atoms with Crippen LogP contribution in [0.15, 0.2) is 59.7 Å². The molecule has 1 unspecified atom stereocenters. The van der Waals surface area contributed by atoms with E-state index in [1.807, 2.05) is 31.2 Å². The smallest absolute Gasteiger partial charge is 0.275 e. The first kappa shape index (κ1) is 22.0. The van der Waals surface area contributed by atoms with Crippen molar-refractivity contribution in [2.45, 2.75) is 20.4 Å². The average Bonchev–Trinajstić information content (AvgIpc) is 3.22. The van der Waals surface area contributed by atoms with Crippen molar-refractivity contribution >= 4 is 28.0 Å². The molecule has 1 amide bonds. The third kappa shape index (κ3) is 4.01. The lowest BCUT2D eigenvalue weighted by atomic mass is 9.91. The zero-order chi connectivity index (χ0) is 23.8. The molecule has 0 saturated heterocycles. The lowest BCUT2D eigenvalue weighted by Crippen LogP contribution is -2.32. The summed E-state index contributed by atoms with van der Waals surface area (Å²) in [7, 11) is 0. The van der Waals surface area contributed by atoms with Gasteiger partial charge in [0.15, 0.2) is 5.82 Å². The molecule has 7 nitrogen and oxygen atoms in total. The van der Waals surface area contributed by atoms with Crippen LogP contribution in [0.5, 0.6) is 0 Å². The van der Waals surface area contributed by atoms with Crippen molar-refractivity contribution in [2.75, 3.05) is 19.6 Å². The molecular weight excluding hydrogens is 433 g/mol. The SMILES string of the molecule is CCNC(=O)c1ccc(C2=CCN(Cc3ccc4c(c3)[nH]c(=O)c3c(F)ccn34)CC2C)cn1. The van der Waals surface area contributed by atoms with Gasteiger partial charge >= 0.3 is 0 Å². The van der Waals surface area contributed by atoms with Crippen molar-refractivity contribution in [1.82, 2.24) is 24.6 Å². The molecular formula is C26H26FN5O2. The maximum absolute atomic E-state index is 13.9. The number of benzene rings is 1. The summed E-state index contributed by atoms with van der Waals surface area (Å²) in [4.78, 5) is 33.8. The van der Waals surface area contributed by atoms with E-state index in [1.54, 1.807) is 22.9 Å². The number of halogens is 1. The van der Waals surface area contributed by atoms with Crippen LogP contribution in [0.2, 0.25) is 0 Å². The molecule has 5 rings (SSSR count). The summed E-state index contributed by atoms with van der Waals surface area (Å²) in [6, 6.07) is 10.9. The minimum Gasteiger partial charge on any atom is -0.351 e. The summed E-state index contributed by atoms with van der Waals surface area (Å²) < 4.78 is 15.5. The van der Waals surface area contributed by atoms with Crippen molar-refractivity contribution in [3.8, 4) is 0 Å². The fraction of sp³-hybridized carbons (Fsp3) is 0.269. The largest absolute Gasteiger partial charge is 0.351 e. The van der Waals surface area contributed by atoms with Gasteiger partial charge in [-0.1, -0.05) is 25.1 Å². The number of hydrogen-bond acceptors (Lipinski definition) is 4. The highest BCUT2D eigenvalue weighted by molar-refractivity contribution is 5.92. The van der Waals surface area contributed by atoms with E-state index in [2.05, 4.69) is 33.2 Å². The van der Waals surface area contributed by atoms with E-state index in [-0.39, 0.29) is 11.4 Å². The molecule has 8 heteroatoms. The summed E-state index contributed by atoms with van der Waals surface area (Å²) in [6.45, 7) is 7.03. The fourth-order valence-corrected chi connectivity index (χ4v) is 4.73. The molecule has 3 aromatic heterocycles. The van der Waals surface area contributed by atoms with Gasteiger partial charge in [0.25, 0.3) is 11.5 Å². The Balaban J connectivity index is 1.33. The number of carbonyl (C=O) groups excluding carboxylic acids is 1. The third-order valence-electron chi connectivity index (χ3n) is 6.33. The summed E-state index contributed by atoms with van der Waals surface area (Å²) in [6.07, 6.45) is 5.57. The van der Waals surface area contributed by atoms with Gasteiger partial charge in [-0.2, -0.15) is 0 Å². The second-order valence-corrected chi connectivity index (χ2v) is 8.73. The molecule has 0 radical (unpaired) electrons. The lowest BCUT2D eigenvalue weighted by Gasteiger charge is -2.31. The van der Waals surface area contributed by atoms with E-state index in [9.17, 15) is 14.0 Å². The maximum atomic E-state index is 13.9. The Kier molecular flexibility index (Phi) is 5.75. The van der Waals surface area contributed by atoms with E-state index in [0.717, 1.165) is 36.3 Å². The van der Waals surface area contributed by atoms with Crippen LogP contribution in [0.4, 0.5) is 4.39 Å². The van der Waals surface area contributed by atoms with E-state index in [4.69, 9.17) is 0 Å². The van der Waals surface area contributed by atoms with Crippen molar-refractivity contribution < 1.29 is 9.18 Å². The van der Waals surface area contributed by atoms with Gasteiger partial charge in [0, 0.05) is 38.6 Å². The standard InChI is InChI=1S/C26H26FN5O2/c1-3-28-25(33)21-6-5-18(13-29-21)19-8-10-31(14-16(19)2)15-17-4-7-23-22(12-17)30-26(34)24-20(27)9-11-32(23)24/h4-9,11-13,16H,3,10,14-15H2,1-2H3,(H,28,33)(H,30,34). The summed E-state index contributed by atoms with van der Waals surface area (Å²) in [5.41, 5.74) is 4.81. The Bertz CT molecular complexity index is 1470. The average molecular weight is 460 g/mol.